The van der Waals surface area contributed by atoms with Crippen molar-refractivity contribution in [3.8, 4) is 0 Å². The van der Waals surface area contributed by atoms with Gasteiger partial charge in [-0.15, -0.1) is 0 Å². The summed E-state index contributed by atoms with van der Waals surface area (Å²) in [6.45, 7) is 6.64. The number of rotatable bonds is 53. The minimum Gasteiger partial charge on any atom is -0.462 e. The van der Waals surface area contributed by atoms with Crippen molar-refractivity contribution in [1.29, 1.82) is 0 Å². The lowest BCUT2D eigenvalue weighted by Gasteiger charge is -2.18. The van der Waals surface area contributed by atoms with Crippen LogP contribution in [0, 0.1) is 0 Å². The van der Waals surface area contributed by atoms with Gasteiger partial charge in [0.25, 0.3) is 0 Å². The quantitative estimate of drug-likeness (QED) is 0.0262. The average molecular weight is 916 g/mol. The molecule has 0 rings (SSSR count). The molecule has 382 valence electrons. The van der Waals surface area contributed by atoms with Gasteiger partial charge in [0.1, 0.15) is 13.2 Å². The minimum absolute atomic E-state index is 0.0702. The maximum atomic E-state index is 12.8. The van der Waals surface area contributed by atoms with Crippen molar-refractivity contribution in [2.24, 2.45) is 0 Å². The van der Waals surface area contributed by atoms with Gasteiger partial charge in [-0.05, 0) is 70.6 Å². The van der Waals surface area contributed by atoms with Crippen LogP contribution in [0.25, 0.3) is 0 Å². The van der Waals surface area contributed by atoms with Gasteiger partial charge in [0.05, 0.1) is 0 Å². The summed E-state index contributed by atoms with van der Waals surface area (Å²) in [4.78, 5) is 38.0. The third-order valence-corrected chi connectivity index (χ3v) is 12.9. The van der Waals surface area contributed by atoms with E-state index in [0.717, 1.165) is 57.8 Å². The Morgan fingerprint density at radius 2 is 0.508 bits per heavy atom. The normalized spacial score (nSPS) is 12.1. The third-order valence-electron chi connectivity index (χ3n) is 12.9. The summed E-state index contributed by atoms with van der Waals surface area (Å²) in [7, 11) is 0. The monoisotopic (exact) mass is 915 g/mol. The zero-order valence-electron chi connectivity index (χ0n) is 43.8. The Kier molecular flexibility index (Phi) is 52.7. The van der Waals surface area contributed by atoms with E-state index in [4.69, 9.17) is 14.2 Å². The Hall–Kier alpha value is -2.11. The van der Waals surface area contributed by atoms with Crippen molar-refractivity contribution in [1.82, 2.24) is 0 Å². The number of hydrogen-bond donors (Lipinski definition) is 0. The summed E-state index contributed by atoms with van der Waals surface area (Å²) >= 11 is 0. The molecule has 6 heteroatoms. The molecule has 0 aromatic carbocycles. The molecule has 0 bridgehead atoms. The summed E-state index contributed by atoms with van der Waals surface area (Å²) in [6.07, 6.45) is 63.3. The highest BCUT2D eigenvalue weighted by Gasteiger charge is 2.19. The number of hydrogen-bond acceptors (Lipinski definition) is 6. The molecular weight excluding hydrogens is 805 g/mol. The van der Waals surface area contributed by atoms with Crippen molar-refractivity contribution < 1.29 is 28.6 Å². The fraction of sp³-hybridized carbons (Fsp3) is 0.881. The summed E-state index contributed by atoms with van der Waals surface area (Å²) in [5.74, 6) is -0.864. The van der Waals surface area contributed by atoms with Gasteiger partial charge in [0.15, 0.2) is 6.10 Å². The van der Waals surface area contributed by atoms with Gasteiger partial charge in [0, 0.05) is 19.3 Å². The topological polar surface area (TPSA) is 78.9 Å². The first-order valence-corrected chi connectivity index (χ1v) is 28.8. The van der Waals surface area contributed by atoms with E-state index in [2.05, 4.69) is 45.1 Å². The zero-order chi connectivity index (χ0) is 47.2. The minimum atomic E-state index is -0.769. The molecule has 0 aliphatic heterocycles. The van der Waals surface area contributed by atoms with Gasteiger partial charge in [-0.2, -0.15) is 0 Å². The van der Waals surface area contributed by atoms with Gasteiger partial charge >= 0.3 is 17.9 Å². The van der Waals surface area contributed by atoms with Crippen LogP contribution in [-0.4, -0.2) is 37.2 Å². The number of unbranched alkanes of at least 4 members (excludes halogenated alkanes) is 38. The highest BCUT2D eigenvalue weighted by Crippen LogP contribution is 2.16. The molecule has 0 spiro atoms. The molecule has 0 saturated heterocycles. The van der Waals surface area contributed by atoms with E-state index < -0.39 is 6.10 Å². The lowest BCUT2D eigenvalue weighted by Crippen LogP contribution is -2.30. The molecule has 1 atom stereocenters. The van der Waals surface area contributed by atoms with Crippen LogP contribution in [0.3, 0.4) is 0 Å². The molecule has 0 amide bonds. The van der Waals surface area contributed by atoms with E-state index in [1.165, 1.54) is 218 Å². The summed E-state index contributed by atoms with van der Waals surface area (Å²) < 4.78 is 16.8. The average Bonchev–Trinajstić information content (AvgIpc) is 3.30. The predicted octanol–water partition coefficient (Wildman–Crippen LogP) is 19.1. The number of ether oxygens (including phenoxy) is 3. The number of carbonyl (C=O) groups excluding carboxylic acids is 3. The van der Waals surface area contributed by atoms with E-state index >= 15 is 0 Å². The summed E-state index contributed by atoms with van der Waals surface area (Å²) in [5, 5.41) is 0. The van der Waals surface area contributed by atoms with Crippen LogP contribution in [0.5, 0.6) is 0 Å². The first kappa shape index (κ1) is 62.9. The van der Waals surface area contributed by atoms with Crippen molar-refractivity contribution in [2.75, 3.05) is 13.2 Å². The SMILES string of the molecule is CCCCCCCCC/C=C\CCCCCCCCCC(=O)OC(COC(=O)CCCCCCCCCC)COC(=O)CCCCCCCCCCC/C=C\CCCCCCCCCC. The maximum absolute atomic E-state index is 12.8. The van der Waals surface area contributed by atoms with Gasteiger partial charge in [-0.1, -0.05) is 251 Å². The molecule has 0 radical (unpaired) electrons. The Morgan fingerprint density at radius 3 is 0.769 bits per heavy atom. The largest absolute Gasteiger partial charge is 0.462 e. The lowest BCUT2D eigenvalue weighted by atomic mass is 10.1. The number of allylic oxidation sites excluding steroid dienone is 4. The standard InChI is InChI=1S/C59H110O6/c1-4-7-10-13-16-19-21-23-25-27-29-30-31-33-34-36-38-40-43-46-49-52-58(61)64-55-56(54-63-57(60)51-48-45-42-18-15-12-9-6-3)65-59(62)53-50-47-44-41-39-37-35-32-28-26-24-22-20-17-14-11-8-5-2/h26-29,56H,4-25,30-55H2,1-3H3/b28-26-,29-27-. The van der Waals surface area contributed by atoms with Crippen molar-refractivity contribution in [3.05, 3.63) is 24.3 Å². The van der Waals surface area contributed by atoms with Crippen LogP contribution < -0.4 is 0 Å². The predicted molar refractivity (Wildman–Crippen MR) is 279 cm³/mol. The second-order valence-corrected chi connectivity index (χ2v) is 19.6. The molecule has 0 saturated carbocycles. The highest BCUT2D eigenvalue weighted by molar-refractivity contribution is 5.71. The second kappa shape index (κ2) is 54.5. The Balaban J connectivity index is 4.20. The number of esters is 3. The second-order valence-electron chi connectivity index (χ2n) is 19.6. The third kappa shape index (κ3) is 52.7. The Labute approximate surface area is 404 Å². The van der Waals surface area contributed by atoms with Crippen LogP contribution in [-0.2, 0) is 28.6 Å². The van der Waals surface area contributed by atoms with E-state index in [9.17, 15) is 14.4 Å². The highest BCUT2D eigenvalue weighted by atomic mass is 16.6. The van der Waals surface area contributed by atoms with E-state index in [0.29, 0.717) is 19.3 Å². The Morgan fingerprint density at radius 1 is 0.292 bits per heavy atom. The molecule has 0 heterocycles. The fourth-order valence-electron chi connectivity index (χ4n) is 8.55. The van der Waals surface area contributed by atoms with Crippen molar-refractivity contribution >= 4 is 17.9 Å². The van der Waals surface area contributed by atoms with Crippen molar-refractivity contribution in [2.45, 2.75) is 322 Å². The van der Waals surface area contributed by atoms with E-state index in [-0.39, 0.29) is 31.1 Å². The Bertz CT molecular complexity index is 1050. The van der Waals surface area contributed by atoms with Gasteiger partial charge in [0.2, 0.25) is 0 Å². The van der Waals surface area contributed by atoms with Crippen LogP contribution in [0.4, 0.5) is 0 Å². The smallest absolute Gasteiger partial charge is 0.306 e. The van der Waals surface area contributed by atoms with Gasteiger partial charge in [-0.25, -0.2) is 0 Å². The van der Waals surface area contributed by atoms with Crippen LogP contribution in [0.2, 0.25) is 0 Å². The fourth-order valence-corrected chi connectivity index (χ4v) is 8.55. The molecule has 0 aliphatic carbocycles. The molecule has 0 aromatic rings. The van der Waals surface area contributed by atoms with Gasteiger partial charge in [-0.3, -0.25) is 14.4 Å². The number of carbonyl (C=O) groups is 3. The molecule has 1 unspecified atom stereocenters. The zero-order valence-corrected chi connectivity index (χ0v) is 43.8. The van der Waals surface area contributed by atoms with Gasteiger partial charge < -0.3 is 14.2 Å². The molecule has 0 aliphatic rings. The maximum Gasteiger partial charge on any atom is 0.306 e. The van der Waals surface area contributed by atoms with E-state index in [1.807, 2.05) is 0 Å². The molecule has 0 fully saturated rings. The molecule has 0 aromatic heterocycles. The first-order chi connectivity index (χ1) is 32.0. The van der Waals surface area contributed by atoms with Crippen LogP contribution in [0.15, 0.2) is 24.3 Å². The van der Waals surface area contributed by atoms with Crippen LogP contribution >= 0.6 is 0 Å². The summed E-state index contributed by atoms with van der Waals surface area (Å²) in [5.41, 5.74) is 0. The molecule has 0 N–H and O–H groups in total. The molecule has 65 heavy (non-hydrogen) atoms. The summed E-state index contributed by atoms with van der Waals surface area (Å²) in [6, 6.07) is 0. The van der Waals surface area contributed by atoms with E-state index in [1.54, 1.807) is 0 Å². The first-order valence-electron chi connectivity index (χ1n) is 28.8. The molecule has 6 nitrogen and oxygen atoms in total. The molecular formula is C59H110O6. The lowest BCUT2D eigenvalue weighted by molar-refractivity contribution is -0.167. The van der Waals surface area contributed by atoms with Crippen LogP contribution in [0.1, 0.15) is 316 Å². The van der Waals surface area contributed by atoms with Crippen molar-refractivity contribution in [3.63, 3.8) is 0 Å².